The van der Waals surface area contributed by atoms with Gasteiger partial charge in [0.25, 0.3) is 0 Å². The van der Waals surface area contributed by atoms with Crippen LogP contribution in [-0.2, 0) is 9.59 Å². The van der Waals surface area contributed by atoms with Gasteiger partial charge in [0.2, 0.25) is 0 Å². The van der Waals surface area contributed by atoms with Gasteiger partial charge < -0.3 is 10.2 Å². The Labute approximate surface area is 206 Å². The molecule has 0 unspecified atom stereocenters. The predicted molar refractivity (Wildman–Crippen MR) is 135 cm³/mol. The molecule has 190 valence electrons. The molecule has 4 heteroatoms. The average Bonchev–Trinajstić information content (AvgIpc) is 2.97. The lowest BCUT2D eigenvalue weighted by Crippen LogP contribution is -2.59. The summed E-state index contributed by atoms with van der Waals surface area (Å²) in [6.45, 7) is 16.7. The Morgan fingerprint density at radius 3 is 2.29 bits per heavy atom. The number of hydrogen-bond acceptors (Lipinski definition) is 4. The van der Waals surface area contributed by atoms with Crippen molar-refractivity contribution in [2.45, 2.75) is 112 Å². The summed E-state index contributed by atoms with van der Waals surface area (Å²) in [4.78, 5) is 27.9. The Morgan fingerprint density at radius 2 is 1.68 bits per heavy atom. The Kier molecular flexibility index (Phi) is 5.98. The maximum atomic E-state index is 14.0. The number of aliphatic hydroxyl groups excluding tert-OH is 1. The van der Waals surface area contributed by atoms with Gasteiger partial charge >= 0.3 is 0 Å². The van der Waals surface area contributed by atoms with Gasteiger partial charge in [0, 0.05) is 34.8 Å². The first-order valence-corrected chi connectivity index (χ1v) is 13.4. The molecule has 0 aromatic rings. The van der Waals surface area contributed by atoms with Gasteiger partial charge in [0.05, 0.1) is 11.7 Å². The quantitative estimate of drug-likeness (QED) is 0.509. The first kappa shape index (κ1) is 25.8. The van der Waals surface area contributed by atoms with Gasteiger partial charge in [-0.05, 0) is 74.5 Å². The van der Waals surface area contributed by atoms with Crippen LogP contribution in [0, 0.1) is 39.4 Å². The summed E-state index contributed by atoms with van der Waals surface area (Å²) in [5, 5.41) is 20.8. The van der Waals surface area contributed by atoms with Gasteiger partial charge in [-0.3, -0.25) is 9.59 Å². The summed E-state index contributed by atoms with van der Waals surface area (Å²) in [5.74, 6) is 1.04. The third-order valence-electron chi connectivity index (χ3n) is 11.1. The highest BCUT2D eigenvalue weighted by atomic mass is 16.3. The third kappa shape index (κ3) is 3.53. The van der Waals surface area contributed by atoms with E-state index in [0.29, 0.717) is 31.1 Å². The molecule has 0 aliphatic heterocycles. The van der Waals surface area contributed by atoms with Gasteiger partial charge in [-0.2, -0.15) is 0 Å². The summed E-state index contributed by atoms with van der Waals surface area (Å²) in [7, 11) is 0. The average molecular weight is 471 g/mol. The normalized spacial score (nSPS) is 43.1. The Balaban J connectivity index is 1.75. The molecule has 4 aliphatic rings. The zero-order valence-electron chi connectivity index (χ0n) is 22.6. The molecule has 0 spiro atoms. The number of carbonyl (C=O) groups is 2. The molecule has 0 saturated heterocycles. The summed E-state index contributed by atoms with van der Waals surface area (Å²) >= 11 is 0. The molecule has 0 radical (unpaired) electrons. The predicted octanol–water partition coefficient (Wildman–Crippen LogP) is 5.81. The molecule has 0 aromatic heterocycles. The van der Waals surface area contributed by atoms with Crippen molar-refractivity contribution in [3.63, 3.8) is 0 Å². The largest absolute Gasteiger partial charge is 0.393 e. The molecule has 0 aromatic carbocycles. The lowest BCUT2D eigenvalue weighted by Gasteiger charge is -2.60. The number of allylic oxidation sites excluding steroid dienone is 3. The van der Waals surface area contributed by atoms with Crippen molar-refractivity contribution >= 4 is 11.6 Å². The number of ketones is 2. The molecular formula is C30H46O4. The SMILES string of the molecule is C[C@H](C/C=C/C(C)(C)O)[C@@H]1CC[C@]2(C)C3=C(C(=O)C[C@@]12C)[C@@]1(C)CC[C@H](O)C(C)(C)[C@@H]1CC3=O. The van der Waals surface area contributed by atoms with Crippen molar-refractivity contribution in [3.8, 4) is 0 Å². The zero-order valence-corrected chi connectivity index (χ0v) is 22.6. The molecule has 4 rings (SSSR count). The molecule has 4 nitrogen and oxygen atoms in total. The number of rotatable bonds is 4. The van der Waals surface area contributed by atoms with Gasteiger partial charge in [-0.25, -0.2) is 0 Å². The second-order valence-electron chi connectivity index (χ2n) is 14.0. The maximum Gasteiger partial charge on any atom is 0.160 e. The minimum Gasteiger partial charge on any atom is -0.393 e. The smallest absolute Gasteiger partial charge is 0.160 e. The minimum absolute atomic E-state index is 0.00463. The second-order valence-corrected chi connectivity index (χ2v) is 14.0. The molecule has 7 atom stereocenters. The highest BCUT2D eigenvalue weighted by Crippen LogP contribution is 2.71. The van der Waals surface area contributed by atoms with Crippen LogP contribution in [0.15, 0.2) is 23.3 Å². The van der Waals surface area contributed by atoms with Crippen LogP contribution in [0.25, 0.3) is 0 Å². The van der Waals surface area contributed by atoms with E-state index in [-0.39, 0.29) is 39.1 Å². The van der Waals surface area contributed by atoms with E-state index in [4.69, 9.17) is 0 Å². The lowest BCUT2D eigenvalue weighted by molar-refractivity contribution is -0.141. The van der Waals surface area contributed by atoms with Crippen molar-refractivity contribution in [1.29, 1.82) is 0 Å². The van der Waals surface area contributed by atoms with E-state index in [1.165, 1.54) is 0 Å². The van der Waals surface area contributed by atoms with Crippen LogP contribution in [0.5, 0.6) is 0 Å². The summed E-state index contributed by atoms with van der Waals surface area (Å²) in [6.07, 6.45) is 8.72. The number of aliphatic hydroxyl groups is 2. The lowest BCUT2D eigenvalue weighted by atomic mass is 9.43. The zero-order chi connectivity index (χ0) is 25.5. The summed E-state index contributed by atoms with van der Waals surface area (Å²) < 4.78 is 0. The first-order valence-electron chi connectivity index (χ1n) is 13.4. The van der Waals surface area contributed by atoms with Gasteiger partial charge in [0.15, 0.2) is 11.6 Å². The molecule has 0 amide bonds. The number of Topliss-reactive ketones (excluding diaryl/α,β-unsaturated/α-hetero) is 2. The number of fused-ring (bicyclic) bond motifs is 4. The fourth-order valence-electron chi connectivity index (χ4n) is 8.84. The van der Waals surface area contributed by atoms with Gasteiger partial charge in [-0.15, -0.1) is 0 Å². The number of carbonyl (C=O) groups excluding carboxylic acids is 2. The number of hydrogen-bond donors (Lipinski definition) is 2. The highest BCUT2D eigenvalue weighted by Gasteiger charge is 2.67. The Bertz CT molecular complexity index is 949. The van der Waals surface area contributed by atoms with Crippen LogP contribution in [-0.4, -0.2) is 33.5 Å². The topological polar surface area (TPSA) is 74.6 Å². The van der Waals surface area contributed by atoms with Crippen LogP contribution in [0.3, 0.4) is 0 Å². The molecule has 4 aliphatic carbocycles. The molecule has 34 heavy (non-hydrogen) atoms. The van der Waals surface area contributed by atoms with E-state index in [2.05, 4.69) is 47.6 Å². The van der Waals surface area contributed by atoms with Crippen LogP contribution in [0.2, 0.25) is 0 Å². The summed E-state index contributed by atoms with van der Waals surface area (Å²) in [6, 6.07) is 0. The molecule has 0 heterocycles. The van der Waals surface area contributed by atoms with Crippen LogP contribution >= 0.6 is 0 Å². The fraction of sp³-hybridized carbons (Fsp3) is 0.800. The third-order valence-corrected chi connectivity index (χ3v) is 11.1. The second kappa shape index (κ2) is 7.87. The van der Waals surface area contributed by atoms with Crippen LogP contribution < -0.4 is 0 Å². The van der Waals surface area contributed by atoms with Crippen molar-refractivity contribution < 1.29 is 19.8 Å². The van der Waals surface area contributed by atoms with E-state index >= 15 is 0 Å². The standard InChI is InChI=1S/C30H46O4/c1-18(10-9-13-26(2,3)34)19-11-15-29(7)25-20(31)16-22-27(4,5)23(33)12-14-28(22,6)24(25)21(32)17-30(19,29)8/h9,13,18-19,22-23,33-34H,10-12,14-17H2,1-8H3/b13-9+/t18-,19+,22+,23+,28+,29-,30+/m1/s1. The van der Waals surface area contributed by atoms with Crippen LogP contribution in [0.4, 0.5) is 0 Å². The molecule has 2 N–H and O–H groups in total. The van der Waals surface area contributed by atoms with Gasteiger partial charge in [-0.1, -0.05) is 53.7 Å². The maximum absolute atomic E-state index is 14.0. The van der Waals surface area contributed by atoms with E-state index in [9.17, 15) is 19.8 Å². The first-order chi connectivity index (χ1) is 15.5. The summed E-state index contributed by atoms with van der Waals surface area (Å²) in [5.41, 5.74) is -0.415. The molecule has 0 bridgehead atoms. The van der Waals surface area contributed by atoms with E-state index in [1.807, 2.05) is 6.08 Å². The fourth-order valence-corrected chi connectivity index (χ4v) is 8.84. The monoisotopic (exact) mass is 470 g/mol. The molecule has 2 saturated carbocycles. The van der Waals surface area contributed by atoms with Crippen molar-refractivity contribution in [2.75, 3.05) is 0 Å². The Morgan fingerprint density at radius 1 is 1.03 bits per heavy atom. The van der Waals surface area contributed by atoms with Crippen molar-refractivity contribution in [3.05, 3.63) is 23.3 Å². The van der Waals surface area contributed by atoms with Crippen molar-refractivity contribution in [1.82, 2.24) is 0 Å². The van der Waals surface area contributed by atoms with E-state index in [1.54, 1.807) is 13.8 Å². The molecule has 2 fully saturated rings. The minimum atomic E-state index is -0.823. The van der Waals surface area contributed by atoms with Crippen LogP contribution in [0.1, 0.15) is 100 Å². The Hall–Kier alpha value is -1.26. The van der Waals surface area contributed by atoms with E-state index in [0.717, 1.165) is 36.8 Å². The highest BCUT2D eigenvalue weighted by molar-refractivity contribution is 6.11. The van der Waals surface area contributed by atoms with E-state index < -0.39 is 11.7 Å². The molecular weight excluding hydrogens is 424 g/mol. The van der Waals surface area contributed by atoms with Crippen molar-refractivity contribution in [2.24, 2.45) is 39.4 Å². The van der Waals surface area contributed by atoms with Gasteiger partial charge in [0.1, 0.15) is 0 Å².